The second-order valence-corrected chi connectivity index (χ2v) is 7.34. The zero-order chi connectivity index (χ0) is 19.5. The predicted molar refractivity (Wildman–Crippen MR) is 115 cm³/mol. The molecule has 6 heteroatoms. The number of nitrogens with one attached hydrogen (secondary N) is 1. The number of aryl methyl sites for hydroxylation is 1. The summed E-state index contributed by atoms with van der Waals surface area (Å²) in [6, 6.07) is 18.8. The molecule has 1 saturated heterocycles. The molecule has 3 heterocycles. The lowest BCUT2D eigenvalue weighted by Gasteiger charge is -2.28. The SMILES string of the molecule is COCCN1C(=S)N[C@@H](c2ccccn2)[C@@H]1c1cccn1-c1ccc(C)cc1. The molecule has 1 N–H and O–H groups in total. The van der Waals surface area contributed by atoms with Crippen LogP contribution in [0.15, 0.2) is 67.0 Å². The first-order valence-corrected chi connectivity index (χ1v) is 9.81. The van der Waals surface area contributed by atoms with Crippen molar-refractivity contribution in [1.29, 1.82) is 0 Å². The molecule has 0 aliphatic carbocycles. The van der Waals surface area contributed by atoms with Gasteiger partial charge in [0.25, 0.3) is 0 Å². The normalized spacial score (nSPS) is 19.1. The van der Waals surface area contributed by atoms with Gasteiger partial charge in [0.05, 0.1) is 24.4 Å². The van der Waals surface area contributed by atoms with Crippen molar-refractivity contribution in [3.05, 3.63) is 83.9 Å². The molecule has 2 aromatic heterocycles. The van der Waals surface area contributed by atoms with Crippen LogP contribution in [0.3, 0.4) is 0 Å². The molecule has 3 aromatic rings. The van der Waals surface area contributed by atoms with Crippen molar-refractivity contribution >= 4 is 17.3 Å². The topological polar surface area (TPSA) is 42.3 Å². The van der Waals surface area contributed by atoms with E-state index in [1.807, 2.05) is 24.4 Å². The Balaban J connectivity index is 1.78. The van der Waals surface area contributed by atoms with Crippen LogP contribution >= 0.6 is 12.2 Å². The van der Waals surface area contributed by atoms with Gasteiger partial charge in [-0.1, -0.05) is 23.8 Å². The van der Waals surface area contributed by atoms with E-state index in [9.17, 15) is 0 Å². The molecule has 0 spiro atoms. The summed E-state index contributed by atoms with van der Waals surface area (Å²) in [5, 5.41) is 4.21. The number of benzene rings is 1. The highest BCUT2D eigenvalue weighted by atomic mass is 32.1. The third kappa shape index (κ3) is 3.53. The Hall–Kier alpha value is -2.70. The van der Waals surface area contributed by atoms with Crippen LogP contribution in [0.5, 0.6) is 0 Å². The Bertz CT molecular complexity index is 939. The quantitative estimate of drug-likeness (QED) is 0.647. The van der Waals surface area contributed by atoms with Gasteiger partial charge >= 0.3 is 0 Å². The third-order valence-electron chi connectivity index (χ3n) is 5.13. The highest BCUT2D eigenvalue weighted by Crippen LogP contribution is 2.39. The molecule has 1 aliphatic rings. The molecular formula is C22H24N4OS. The first-order chi connectivity index (χ1) is 13.7. The fourth-order valence-corrected chi connectivity index (χ4v) is 4.06. The molecular weight excluding hydrogens is 368 g/mol. The number of hydrogen-bond donors (Lipinski definition) is 1. The van der Waals surface area contributed by atoms with Crippen LogP contribution in [0, 0.1) is 6.92 Å². The van der Waals surface area contributed by atoms with E-state index in [4.69, 9.17) is 17.0 Å². The van der Waals surface area contributed by atoms with Gasteiger partial charge in [-0.15, -0.1) is 0 Å². The molecule has 4 rings (SSSR count). The Kier molecular flexibility index (Phi) is 5.41. The molecule has 28 heavy (non-hydrogen) atoms. The van der Waals surface area contributed by atoms with E-state index >= 15 is 0 Å². The zero-order valence-electron chi connectivity index (χ0n) is 16.1. The second kappa shape index (κ2) is 8.12. The van der Waals surface area contributed by atoms with Crippen molar-refractivity contribution in [2.75, 3.05) is 20.3 Å². The van der Waals surface area contributed by atoms with Crippen LogP contribution < -0.4 is 5.32 Å². The van der Waals surface area contributed by atoms with Crippen LogP contribution in [0.25, 0.3) is 5.69 Å². The molecule has 2 atom stereocenters. The number of nitrogens with zero attached hydrogens (tertiary/aromatic N) is 3. The minimum absolute atomic E-state index is 0.0221. The summed E-state index contributed by atoms with van der Waals surface area (Å²) in [4.78, 5) is 6.80. The van der Waals surface area contributed by atoms with Crippen LogP contribution in [-0.2, 0) is 4.74 Å². The second-order valence-electron chi connectivity index (χ2n) is 6.95. The predicted octanol–water partition coefficient (Wildman–Crippen LogP) is 3.80. The van der Waals surface area contributed by atoms with Crippen molar-refractivity contribution in [1.82, 2.24) is 19.8 Å². The smallest absolute Gasteiger partial charge is 0.170 e. The van der Waals surface area contributed by atoms with Crippen molar-refractivity contribution in [2.24, 2.45) is 0 Å². The third-order valence-corrected chi connectivity index (χ3v) is 5.48. The summed E-state index contributed by atoms with van der Waals surface area (Å²) < 4.78 is 7.57. The molecule has 5 nitrogen and oxygen atoms in total. The van der Waals surface area contributed by atoms with Crippen molar-refractivity contribution in [2.45, 2.75) is 19.0 Å². The van der Waals surface area contributed by atoms with E-state index < -0.39 is 0 Å². The summed E-state index contributed by atoms with van der Waals surface area (Å²) in [5.74, 6) is 0. The molecule has 1 aromatic carbocycles. The first-order valence-electron chi connectivity index (χ1n) is 9.40. The van der Waals surface area contributed by atoms with E-state index in [1.165, 1.54) is 11.3 Å². The van der Waals surface area contributed by atoms with Crippen LogP contribution in [-0.4, -0.2) is 39.8 Å². The average Bonchev–Trinajstić information content (AvgIpc) is 3.32. The van der Waals surface area contributed by atoms with E-state index in [2.05, 4.69) is 69.3 Å². The highest BCUT2D eigenvalue weighted by Gasteiger charge is 2.40. The van der Waals surface area contributed by atoms with Gasteiger partial charge in [-0.3, -0.25) is 4.98 Å². The molecule has 0 radical (unpaired) electrons. The maximum Gasteiger partial charge on any atom is 0.170 e. The van der Waals surface area contributed by atoms with Crippen molar-refractivity contribution in [3.8, 4) is 5.69 Å². The Morgan fingerprint density at radius 2 is 1.93 bits per heavy atom. The maximum absolute atomic E-state index is 5.68. The molecule has 1 aliphatic heterocycles. The van der Waals surface area contributed by atoms with Gasteiger partial charge < -0.3 is 19.5 Å². The lowest BCUT2D eigenvalue weighted by atomic mass is 10.0. The minimum atomic E-state index is -0.0235. The number of ether oxygens (including phenoxy) is 1. The maximum atomic E-state index is 5.68. The van der Waals surface area contributed by atoms with Gasteiger partial charge in [0.1, 0.15) is 0 Å². The molecule has 0 unspecified atom stereocenters. The van der Waals surface area contributed by atoms with Crippen molar-refractivity contribution < 1.29 is 4.74 Å². The van der Waals surface area contributed by atoms with E-state index in [0.717, 1.165) is 23.0 Å². The summed E-state index contributed by atoms with van der Waals surface area (Å²) >= 11 is 5.68. The fraction of sp³-hybridized carbons (Fsp3) is 0.273. The summed E-state index contributed by atoms with van der Waals surface area (Å²) in [5.41, 5.74) is 4.53. The number of methoxy groups -OCH3 is 1. The zero-order valence-corrected chi connectivity index (χ0v) is 16.9. The van der Waals surface area contributed by atoms with Gasteiger partial charge in [-0.05, 0) is 55.5 Å². The number of pyridine rings is 1. The summed E-state index contributed by atoms with van der Waals surface area (Å²) in [6.07, 6.45) is 3.93. The Labute approximate surface area is 171 Å². The van der Waals surface area contributed by atoms with Gasteiger partial charge in [-0.2, -0.15) is 0 Å². The highest BCUT2D eigenvalue weighted by molar-refractivity contribution is 7.80. The van der Waals surface area contributed by atoms with E-state index in [0.29, 0.717) is 6.61 Å². The van der Waals surface area contributed by atoms with Gasteiger partial charge in [-0.25, -0.2) is 0 Å². The van der Waals surface area contributed by atoms with E-state index in [1.54, 1.807) is 7.11 Å². The number of aromatic nitrogens is 2. The standard InChI is InChI=1S/C22H24N4OS/c1-16-8-10-17(11-9-16)25-13-5-7-19(25)21-20(18-6-3-4-12-23-18)24-22(28)26(21)14-15-27-2/h3-13,20-21H,14-15H2,1-2H3,(H,24,28)/t20-,21-/m0/s1. The number of thiocarbonyl (C=S) groups is 1. The van der Waals surface area contributed by atoms with Gasteiger partial charge in [0, 0.05) is 37.4 Å². The molecule has 1 fully saturated rings. The Morgan fingerprint density at radius 1 is 1.11 bits per heavy atom. The van der Waals surface area contributed by atoms with Crippen molar-refractivity contribution in [3.63, 3.8) is 0 Å². The first kappa shape index (κ1) is 18.7. The molecule has 144 valence electrons. The summed E-state index contributed by atoms with van der Waals surface area (Å²) in [6.45, 7) is 3.43. The van der Waals surface area contributed by atoms with Crippen LogP contribution in [0.2, 0.25) is 0 Å². The fourth-order valence-electron chi connectivity index (χ4n) is 3.73. The van der Waals surface area contributed by atoms with Crippen LogP contribution in [0.1, 0.15) is 29.0 Å². The number of rotatable bonds is 6. The average molecular weight is 393 g/mol. The molecule has 0 bridgehead atoms. The number of hydrogen-bond acceptors (Lipinski definition) is 3. The summed E-state index contributed by atoms with van der Waals surface area (Å²) in [7, 11) is 1.72. The Morgan fingerprint density at radius 3 is 2.64 bits per heavy atom. The monoisotopic (exact) mass is 392 g/mol. The molecule has 0 saturated carbocycles. The van der Waals surface area contributed by atoms with Gasteiger partial charge in [0.15, 0.2) is 5.11 Å². The van der Waals surface area contributed by atoms with Crippen LogP contribution in [0.4, 0.5) is 0 Å². The van der Waals surface area contributed by atoms with E-state index in [-0.39, 0.29) is 12.1 Å². The molecule has 0 amide bonds. The largest absolute Gasteiger partial charge is 0.383 e. The minimum Gasteiger partial charge on any atom is -0.383 e. The lowest BCUT2D eigenvalue weighted by Crippen LogP contribution is -2.33. The lowest BCUT2D eigenvalue weighted by molar-refractivity contribution is 0.163. The van der Waals surface area contributed by atoms with Gasteiger partial charge in [0.2, 0.25) is 0 Å².